The van der Waals surface area contributed by atoms with E-state index in [9.17, 15) is 9.59 Å². The van der Waals surface area contributed by atoms with Gasteiger partial charge in [-0.25, -0.2) is 0 Å². The van der Waals surface area contributed by atoms with Gasteiger partial charge >= 0.3 is 0 Å². The maximum absolute atomic E-state index is 12.6. The first-order valence-electron chi connectivity index (χ1n) is 12.3. The number of hydrogen-bond acceptors (Lipinski definition) is 4. The molecule has 6 heteroatoms. The van der Waals surface area contributed by atoms with Crippen LogP contribution in [-0.4, -0.2) is 25.0 Å². The van der Waals surface area contributed by atoms with Gasteiger partial charge in [0.15, 0.2) is 0 Å². The predicted molar refractivity (Wildman–Crippen MR) is 148 cm³/mol. The lowest BCUT2D eigenvalue weighted by atomic mass is 10.1. The summed E-state index contributed by atoms with van der Waals surface area (Å²) in [4.78, 5) is 25.0. The second kappa shape index (κ2) is 12.9. The Kier molecular flexibility index (Phi) is 8.92. The molecule has 0 saturated heterocycles. The Balaban J connectivity index is 1.21. The zero-order chi connectivity index (χ0) is 25.9. The Morgan fingerprint density at radius 3 is 2.22 bits per heavy atom. The van der Waals surface area contributed by atoms with Gasteiger partial charge in [-0.1, -0.05) is 66.7 Å². The largest absolute Gasteiger partial charge is 0.493 e. The van der Waals surface area contributed by atoms with Crippen molar-refractivity contribution in [2.45, 2.75) is 19.4 Å². The fourth-order valence-corrected chi connectivity index (χ4v) is 3.83. The van der Waals surface area contributed by atoms with Crippen molar-refractivity contribution in [1.29, 1.82) is 0 Å². The average Bonchev–Trinajstić information content (AvgIpc) is 2.93. The lowest BCUT2D eigenvalue weighted by molar-refractivity contribution is -0.114. The number of amides is 2. The van der Waals surface area contributed by atoms with Gasteiger partial charge in [-0.15, -0.1) is 0 Å². The van der Waals surface area contributed by atoms with E-state index in [1.54, 1.807) is 24.3 Å². The summed E-state index contributed by atoms with van der Waals surface area (Å²) in [6.07, 6.45) is 0.813. The second-order valence-corrected chi connectivity index (χ2v) is 8.70. The second-order valence-electron chi connectivity index (χ2n) is 8.70. The summed E-state index contributed by atoms with van der Waals surface area (Å²) in [5.74, 6) is 0.378. The summed E-state index contributed by atoms with van der Waals surface area (Å²) in [5, 5.41) is 8.97. The molecule has 4 aromatic rings. The number of carbonyl (C=O) groups excluding carboxylic acids is 2. The molecule has 0 saturated carbocycles. The van der Waals surface area contributed by atoms with Gasteiger partial charge < -0.3 is 20.7 Å². The van der Waals surface area contributed by atoms with E-state index < -0.39 is 0 Å². The van der Waals surface area contributed by atoms with Crippen LogP contribution in [-0.2, 0) is 11.2 Å². The van der Waals surface area contributed by atoms with E-state index in [0.29, 0.717) is 23.6 Å². The normalized spacial score (nSPS) is 11.3. The van der Waals surface area contributed by atoms with Crippen molar-refractivity contribution in [1.82, 2.24) is 5.32 Å². The van der Waals surface area contributed by atoms with Crippen molar-refractivity contribution in [3.8, 4) is 5.75 Å². The number of benzene rings is 4. The Morgan fingerprint density at radius 2 is 1.49 bits per heavy atom. The molecule has 6 nitrogen and oxygen atoms in total. The summed E-state index contributed by atoms with van der Waals surface area (Å²) in [6.45, 7) is 2.60. The molecule has 2 amide bonds. The van der Waals surface area contributed by atoms with Gasteiger partial charge in [0.25, 0.3) is 5.91 Å². The fourth-order valence-electron chi connectivity index (χ4n) is 3.83. The first kappa shape index (κ1) is 25.5. The van der Waals surface area contributed by atoms with E-state index in [1.807, 2.05) is 79.7 Å². The van der Waals surface area contributed by atoms with Crippen LogP contribution < -0.4 is 20.7 Å². The molecule has 0 fully saturated rings. The van der Waals surface area contributed by atoms with Gasteiger partial charge in [-0.2, -0.15) is 0 Å². The van der Waals surface area contributed by atoms with Crippen LogP contribution in [0, 0.1) is 0 Å². The van der Waals surface area contributed by atoms with Crippen molar-refractivity contribution >= 4 is 23.2 Å². The maximum Gasteiger partial charge on any atom is 0.251 e. The first-order chi connectivity index (χ1) is 18.1. The van der Waals surface area contributed by atoms with Crippen LogP contribution in [0.15, 0.2) is 109 Å². The van der Waals surface area contributed by atoms with E-state index in [-0.39, 0.29) is 24.4 Å². The molecular weight excluding hydrogens is 462 g/mol. The van der Waals surface area contributed by atoms with Crippen LogP contribution in [0.5, 0.6) is 5.75 Å². The zero-order valence-corrected chi connectivity index (χ0v) is 20.8. The lowest BCUT2D eigenvalue weighted by Crippen LogP contribution is -2.26. The first-order valence-corrected chi connectivity index (χ1v) is 12.3. The van der Waals surface area contributed by atoms with Crippen molar-refractivity contribution in [3.63, 3.8) is 0 Å². The molecule has 0 spiro atoms. The monoisotopic (exact) mass is 493 g/mol. The molecule has 0 radical (unpaired) electrons. The number of ether oxygens (including phenoxy) is 1. The van der Waals surface area contributed by atoms with Crippen LogP contribution in [0.25, 0.3) is 0 Å². The Morgan fingerprint density at radius 1 is 0.784 bits per heavy atom. The molecular formula is C31H31N3O3. The van der Waals surface area contributed by atoms with Crippen LogP contribution in [0.1, 0.15) is 34.5 Å². The molecule has 1 unspecified atom stereocenters. The summed E-state index contributed by atoms with van der Waals surface area (Å²) in [6, 6.07) is 34.3. The minimum atomic E-state index is -0.181. The Bertz CT molecular complexity index is 1290. The standard InChI is InChI=1S/C31H31N3O3/c1-23(25-11-6-3-7-12-25)33-31(36)26-15-17-27(18-16-26)32-22-30(35)34-28-13-8-14-29(21-28)37-20-19-24-9-4-2-5-10-24/h2-18,21,23,32H,19-20,22H2,1H3,(H,33,36)(H,34,35). The summed E-state index contributed by atoms with van der Waals surface area (Å²) in [5.41, 5.74) is 4.24. The minimum Gasteiger partial charge on any atom is -0.493 e. The molecule has 3 N–H and O–H groups in total. The molecule has 4 aromatic carbocycles. The van der Waals surface area contributed by atoms with Gasteiger partial charge in [0, 0.05) is 29.4 Å². The van der Waals surface area contributed by atoms with Crippen molar-refractivity contribution in [3.05, 3.63) is 126 Å². The van der Waals surface area contributed by atoms with Crippen LogP contribution in [0.2, 0.25) is 0 Å². The van der Waals surface area contributed by atoms with Crippen LogP contribution >= 0.6 is 0 Å². The number of rotatable bonds is 11. The minimum absolute atomic E-state index is 0.0929. The summed E-state index contributed by atoms with van der Waals surface area (Å²) < 4.78 is 5.84. The van der Waals surface area contributed by atoms with E-state index >= 15 is 0 Å². The van der Waals surface area contributed by atoms with E-state index in [4.69, 9.17) is 4.74 Å². The number of hydrogen-bond donors (Lipinski definition) is 3. The van der Waals surface area contributed by atoms with E-state index in [2.05, 4.69) is 28.1 Å². The highest BCUT2D eigenvalue weighted by molar-refractivity contribution is 5.95. The van der Waals surface area contributed by atoms with Gasteiger partial charge in [-0.05, 0) is 54.4 Å². The molecule has 37 heavy (non-hydrogen) atoms. The highest BCUT2D eigenvalue weighted by Gasteiger charge is 2.11. The maximum atomic E-state index is 12.6. The molecule has 0 bridgehead atoms. The lowest BCUT2D eigenvalue weighted by Gasteiger charge is -2.14. The predicted octanol–water partition coefficient (Wildman–Crippen LogP) is 5.85. The molecule has 4 rings (SSSR count). The Hall–Kier alpha value is -4.58. The van der Waals surface area contributed by atoms with E-state index in [1.165, 1.54) is 5.56 Å². The highest BCUT2D eigenvalue weighted by Crippen LogP contribution is 2.18. The molecule has 188 valence electrons. The zero-order valence-electron chi connectivity index (χ0n) is 20.8. The molecule has 0 aliphatic heterocycles. The van der Waals surface area contributed by atoms with Gasteiger partial charge in [0.2, 0.25) is 5.91 Å². The summed E-state index contributed by atoms with van der Waals surface area (Å²) >= 11 is 0. The molecule has 0 heterocycles. The molecule has 0 aromatic heterocycles. The molecule has 1 atom stereocenters. The van der Waals surface area contributed by atoms with Crippen molar-refractivity contribution in [2.75, 3.05) is 23.8 Å². The van der Waals surface area contributed by atoms with Gasteiger partial charge in [-0.3, -0.25) is 9.59 Å². The SMILES string of the molecule is CC(NC(=O)c1ccc(NCC(=O)Nc2cccc(OCCc3ccccc3)c2)cc1)c1ccccc1. The third-order valence-electron chi connectivity index (χ3n) is 5.87. The Labute approximate surface area is 217 Å². The number of nitrogens with one attached hydrogen (secondary N) is 3. The fraction of sp³-hybridized carbons (Fsp3) is 0.161. The summed E-state index contributed by atoms with van der Waals surface area (Å²) in [7, 11) is 0. The van der Waals surface area contributed by atoms with Crippen LogP contribution in [0.4, 0.5) is 11.4 Å². The topological polar surface area (TPSA) is 79.5 Å². The van der Waals surface area contributed by atoms with Crippen LogP contribution in [0.3, 0.4) is 0 Å². The van der Waals surface area contributed by atoms with Crippen molar-refractivity contribution in [2.24, 2.45) is 0 Å². The van der Waals surface area contributed by atoms with E-state index in [0.717, 1.165) is 17.7 Å². The third-order valence-corrected chi connectivity index (χ3v) is 5.87. The van der Waals surface area contributed by atoms with Crippen molar-refractivity contribution < 1.29 is 14.3 Å². The molecule has 0 aliphatic rings. The third kappa shape index (κ3) is 7.97. The number of carbonyl (C=O) groups is 2. The molecule has 0 aliphatic carbocycles. The highest BCUT2D eigenvalue weighted by atomic mass is 16.5. The number of anilines is 2. The quantitative estimate of drug-likeness (QED) is 0.245. The van der Waals surface area contributed by atoms with Gasteiger partial charge in [0.05, 0.1) is 19.2 Å². The average molecular weight is 494 g/mol. The van der Waals surface area contributed by atoms with Gasteiger partial charge in [0.1, 0.15) is 5.75 Å². The smallest absolute Gasteiger partial charge is 0.251 e.